The van der Waals surface area contributed by atoms with Crippen LogP contribution in [0.5, 0.6) is 0 Å². The van der Waals surface area contributed by atoms with E-state index >= 15 is 0 Å². The summed E-state index contributed by atoms with van der Waals surface area (Å²) in [5.41, 5.74) is 2.62. The number of aryl methyl sites for hydroxylation is 2. The number of hydrogen-bond donors (Lipinski definition) is 1. The third kappa shape index (κ3) is 3.07. The molecule has 0 saturated heterocycles. The monoisotopic (exact) mass is 247 g/mol. The third-order valence-corrected chi connectivity index (χ3v) is 2.77. The van der Waals surface area contributed by atoms with Crippen molar-refractivity contribution in [1.29, 1.82) is 0 Å². The van der Waals surface area contributed by atoms with Gasteiger partial charge in [0.2, 0.25) is 0 Å². The topological polar surface area (TPSA) is 60.1 Å². The summed E-state index contributed by atoms with van der Waals surface area (Å²) in [6.45, 7) is 5.83. The summed E-state index contributed by atoms with van der Waals surface area (Å²) in [5, 5.41) is 3.26. The van der Waals surface area contributed by atoms with E-state index in [0.29, 0.717) is 6.54 Å². The quantitative estimate of drug-likeness (QED) is 0.808. The Morgan fingerprint density at radius 2 is 2.28 bits per heavy atom. The van der Waals surface area contributed by atoms with E-state index in [1.807, 2.05) is 26.0 Å². The molecule has 1 N–H and O–H groups in total. The Morgan fingerprint density at radius 3 is 2.94 bits per heavy atom. The first kappa shape index (κ1) is 12.6. The summed E-state index contributed by atoms with van der Waals surface area (Å²) in [5.74, 6) is 0. The van der Waals surface area contributed by atoms with E-state index in [2.05, 4.69) is 10.3 Å². The molecule has 0 aliphatic carbocycles. The normalized spacial score (nSPS) is 10.8. The zero-order valence-electron chi connectivity index (χ0n) is 10.6. The molecule has 0 radical (unpaired) electrons. The smallest absolute Gasteiger partial charge is 0.347 e. The van der Waals surface area contributed by atoms with Gasteiger partial charge >= 0.3 is 5.69 Å². The van der Waals surface area contributed by atoms with Crippen molar-refractivity contribution in [3.8, 4) is 0 Å². The van der Waals surface area contributed by atoms with Crippen molar-refractivity contribution in [2.45, 2.75) is 26.9 Å². The van der Waals surface area contributed by atoms with E-state index in [9.17, 15) is 4.79 Å². The van der Waals surface area contributed by atoms with Gasteiger partial charge in [0, 0.05) is 36.6 Å². The van der Waals surface area contributed by atoms with Crippen LogP contribution in [-0.4, -0.2) is 16.1 Å². The molecule has 0 aliphatic rings. The lowest BCUT2D eigenvalue weighted by Gasteiger charge is -2.10. The van der Waals surface area contributed by atoms with Gasteiger partial charge in [0.1, 0.15) is 0 Å². The van der Waals surface area contributed by atoms with Crippen molar-refractivity contribution in [3.05, 3.63) is 52.1 Å². The highest BCUT2D eigenvalue weighted by Gasteiger charge is 2.02. The minimum atomic E-state index is -0.183. The summed E-state index contributed by atoms with van der Waals surface area (Å²) < 4.78 is 6.65. The molecule has 0 fully saturated rings. The first-order valence-electron chi connectivity index (χ1n) is 5.93. The Bertz CT molecular complexity index is 558. The third-order valence-electron chi connectivity index (χ3n) is 2.77. The SMILES string of the molecule is Cc1cc(C)n(CCNCc2ccoc2)c(=O)n1. The highest BCUT2D eigenvalue weighted by molar-refractivity contribution is 5.07. The number of hydrogen-bond acceptors (Lipinski definition) is 4. The molecule has 0 bridgehead atoms. The van der Waals surface area contributed by atoms with Gasteiger partial charge < -0.3 is 9.73 Å². The van der Waals surface area contributed by atoms with Gasteiger partial charge in [-0.15, -0.1) is 0 Å². The van der Waals surface area contributed by atoms with Crippen molar-refractivity contribution >= 4 is 0 Å². The summed E-state index contributed by atoms with van der Waals surface area (Å²) in [7, 11) is 0. The number of nitrogens with one attached hydrogen (secondary N) is 1. The van der Waals surface area contributed by atoms with Crippen LogP contribution in [0.25, 0.3) is 0 Å². The van der Waals surface area contributed by atoms with Crippen LogP contribution in [0.1, 0.15) is 17.0 Å². The molecule has 0 atom stereocenters. The maximum Gasteiger partial charge on any atom is 0.347 e. The molecule has 96 valence electrons. The van der Waals surface area contributed by atoms with E-state index < -0.39 is 0 Å². The van der Waals surface area contributed by atoms with Gasteiger partial charge in [-0.25, -0.2) is 4.79 Å². The van der Waals surface area contributed by atoms with Crippen molar-refractivity contribution in [3.63, 3.8) is 0 Å². The number of nitrogens with zero attached hydrogens (tertiary/aromatic N) is 2. The van der Waals surface area contributed by atoms with Gasteiger partial charge in [0.25, 0.3) is 0 Å². The maximum absolute atomic E-state index is 11.7. The Balaban J connectivity index is 1.89. The van der Waals surface area contributed by atoms with Crippen LogP contribution < -0.4 is 11.0 Å². The molecule has 0 aliphatic heterocycles. The summed E-state index contributed by atoms with van der Waals surface area (Å²) in [6.07, 6.45) is 3.35. The highest BCUT2D eigenvalue weighted by atomic mass is 16.3. The Labute approximate surface area is 105 Å². The average molecular weight is 247 g/mol. The van der Waals surface area contributed by atoms with E-state index in [4.69, 9.17) is 4.42 Å². The first-order valence-corrected chi connectivity index (χ1v) is 5.93. The fraction of sp³-hybridized carbons (Fsp3) is 0.385. The van der Waals surface area contributed by atoms with Gasteiger partial charge in [-0.3, -0.25) is 4.57 Å². The molecule has 0 saturated carbocycles. The molecule has 5 heteroatoms. The lowest BCUT2D eigenvalue weighted by Crippen LogP contribution is -2.30. The van der Waals surface area contributed by atoms with E-state index in [0.717, 1.165) is 30.0 Å². The molecule has 18 heavy (non-hydrogen) atoms. The molecule has 0 amide bonds. The lowest BCUT2D eigenvalue weighted by atomic mass is 10.3. The van der Waals surface area contributed by atoms with Gasteiger partial charge in [-0.05, 0) is 26.0 Å². The van der Waals surface area contributed by atoms with Gasteiger partial charge in [-0.1, -0.05) is 0 Å². The van der Waals surface area contributed by atoms with E-state index in [1.54, 1.807) is 17.1 Å². The standard InChI is InChI=1S/C13H17N3O2/c1-10-7-11(2)16(13(17)15-10)5-4-14-8-12-3-6-18-9-12/h3,6-7,9,14H,4-5,8H2,1-2H3. The minimum Gasteiger partial charge on any atom is -0.472 e. The zero-order valence-corrected chi connectivity index (χ0v) is 10.6. The summed E-state index contributed by atoms with van der Waals surface area (Å²) in [6, 6.07) is 3.83. The van der Waals surface area contributed by atoms with Crippen molar-refractivity contribution in [2.75, 3.05) is 6.54 Å². The predicted molar refractivity (Wildman–Crippen MR) is 68.4 cm³/mol. The Hall–Kier alpha value is -1.88. The molecular formula is C13H17N3O2. The van der Waals surface area contributed by atoms with Crippen LogP contribution in [-0.2, 0) is 13.1 Å². The average Bonchev–Trinajstić information content (AvgIpc) is 2.79. The Morgan fingerprint density at radius 1 is 1.44 bits per heavy atom. The minimum absolute atomic E-state index is 0.183. The van der Waals surface area contributed by atoms with Gasteiger partial charge in [0.15, 0.2) is 0 Å². The van der Waals surface area contributed by atoms with Crippen molar-refractivity contribution < 1.29 is 4.42 Å². The molecule has 2 aromatic rings. The zero-order chi connectivity index (χ0) is 13.0. The molecular weight excluding hydrogens is 230 g/mol. The molecule has 2 heterocycles. The molecule has 2 rings (SSSR count). The molecule has 5 nitrogen and oxygen atoms in total. The van der Waals surface area contributed by atoms with Gasteiger partial charge in [-0.2, -0.15) is 4.98 Å². The Kier molecular flexibility index (Phi) is 3.94. The lowest BCUT2D eigenvalue weighted by molar-refractivity contribution is 0.547. The van der Waals surface area contributed by atoms with Crippen LogP contribution in [0, 0.1) is 13.8 Å². The van der Waals surface area contributed by atoms with E-state index in [1.165, 1.54) is 0 Å². The second-order valence-electron chi connectivity index (χ2n) is 4.28. The largest absolute Gasteiger partial charge is 0.472 e. The second-order valence-corrected chi connectivity index (χ2v) is 4.28. The molecule has 0 spiro atoms. The molecule has 0 unspecified atom stereocenters. The summed E-state index contributed by atoms with van der Waals surface area (Å²) in [4.78, 5) is 15.6. The fourth-order valence-electron chi connectivity index (χ4n) is 1.86. The van der Waals surface area contributed by atoms with Gasteiger partial charge in [0.05, 0.1) is 12.5 Å². The fourth-order valence-corrected chi connectivity index (χ4v) is 1.86. The number of aromatic nitrogens is 2. The van der Waals surface area contributed by atoms with Crippen molar-refractivity contribution in [1.82, 2.24) is 14.9 Å². The van der Waals surface area contributed by atoms with Crippen LogP contribution in [0.15, 0.2) is 33.9 Å². The van der Waals surface area contributed by atoms with Crippen LogP contribution in [0.3, 0.4) is 0 Å². The summed E-state index contributed by atoms with van der Waals surface area (Å²) >= 11 is 0. The van der Waals surface area contributed by atoms with Crippen LogP contribution in [0.4, 0.5) is 0 Å². The van der Waals surface area contributed by atoms with E-state index in [-0.39, 0.29) is 5.69 Å². The van der Waals surface area contributed by atoms with Crippen LogP contribution in [0.2, 0.25) is 0 Å². The first-order chi connectivity index (χ1) is 8.66. The second kappa shape index (κ2) is 5.64. The van der Waals surface area contributed by atoms with Crippen LogP contribution >= 0.6 is 0 Å². The molecule has 2 aromatic heterocycles. The van der Waals surface area contributed by atoms with Crippen molar-refractivity contribution in [2.24, 2.45) is 0 Å². The predicted octanol–water partition coefficient (Wildman–Crippen LogP) is 1.24. The highest BCUT2D eigenvalue weighted by Crippen LogP contribution is 1.99. The molecule has 0 aromatic carbocycles. The number of furan rings is 1. The number of rotatable bonds is 5. The maximum atomic E-state index is 11.7.